The number of carbonyl (C=O) groups is 5. The second kappa shape index (κ2) is 14.7. The zero-order chi connectivity index (χ0) is 25.0. The van der Waals surface area contributed by atoms with Crippen molar-refractivity contribution in [1.82, 2.24) is 10.2 Å². The van der Waals surface area contributed by atoms with Crippen molar-refractivity contribution in [3.63, 3.8) is 0 Å². The normalized spacial score (nSPS) is 17.2. The maximum atomic E-state index is 12.2. The lowest BCUT2D eigenvalue weighted by atomic mass is 9.94. The lowest BCUT2D eigenvalue weighted by molar-refractivity contribution is -0.143. The Hall–Kier alpha value is -2.33. The van der Waals surface area contributed by atoms with Crippen LogP contribution in [-0.4, -0.2) is 78.5 Å². The quantitative estimate of drug-likeness (QED) is 0.240. The second-order valence-electron chi connectivity index (χ2n) is 8.93. The monoisotopic (exact) mass is 470 g/mol. The summed E-state index contributed by atoms with van der Waals surface area (Å²) < 4.78 is 10.7. The highest BCUT2D eigenvalue weighted by atomic mass is 16.5. The average Bonchev–Trinajstić information content (AvgIpc) is 3.02. The minimum absolute atomic E-state index is 0.0180. The molecule has 0 aliphatic carbocycles. The van der Waals surface area contributed by atoms with Crippen LogP contribution in [0.25, 0.3) is 0 Å². The molecule has 0 saturated carbocycles. The molecule has 0 spiro atoms. The molecule has 33 heavy (non-hydrogen) atoms. The number of carboxylic acid groups (broad SMARTS) is 1. The van der Waals surface area contributed by atoms with Crippen LogP contribution in [0.15, 0.2) is 0 Å². The Bertz CT molecular complexity index is 692. The van der Waals surface area contributed by atoms with Gasteiger partial charge in [0.15, 0.2) is 0 Å². The number of Topliss-reactive ketones (excluding diaryl/α,β-unsaturated/α-hetero) is 1. The zero-order valence-electron chi connectivity index (χ0n) is 20.1. The molecule has 10 heteroatoms. The Balaban J connectivity index is 2.05. The molecule has 0 radical (unpaired) electrons. The molecule has 3 amide bonds. The molecule has 0 aromatic heterocycles. The molecule has 1 aliphatic heterocycles. The number of likely N-dealkylation sites (tertiary alicyclic amines) is 1. The average molecular weight is 471 g/mol. The summed E-state index contributed by atoms with van der Waals surface area (Å²) >= 11 is 0. The summed E-state index contributed by atoms with van der Waals surface area (Å²) in [6, 6.07) is -0.920. The molecule has 0 aromatic carbocycles. The highest BCUT2D eigenvalue weighted by Crippen LogP contribution is 2.26. The molecule has 1 saturated heterocycles. The summed E-state index contributed by atoms with van der Waals surface area (Å²) in [6.45, 7) is 8.54. The smallest absolute Gasteiger partial charge is 0.326 e. The highest BCUT2D eigenvalue weighted by Gasteiger charge is 2.39. The minimum Gasteiger partial charge on any atom is -0.480 e. The van der Waals surface area contributed by atoms with Crippen molar-refractivity contribution < 1.29 is 38.6 Å². The summed E-state index contributed by atoms with van der Waals surface area (Å²) in [5.41, 5.74) is 0. The van der Waals surface area contributed by atoms with E-state index < -0.39 is 12.0 Å². The largest absolute Gasteiger partial charge is 0.480 e. The predicted octanol–water partition coefficient (Wildman–Crippen LogP) is 1.41. The number of ketones is 1. The standard InChI is InChI=1S/C23H38N2O8/c1-15(2)18-14-20(28)25(22(18)29)9-7-17(26)6-5-10-32-12-13-33-11-8-19(27)24-21(16(3)4)23(30)31/h15-16,18,21H,5-14H2,1-4H3,(H,24,27)(H,30,31). The Morgan fingerprint density at radius 1 is 1.00 bits per heavy atom. The van der Waals surface area contributed by atoms with Crippen molar-refractivity contribution in [2.45, 2.75) is 65.8 Å². The molecule has 1 rings (SSSR count). The molecule has 0 aromatic rings. The topological polar surface area (TPSA) is 139 Å². The Morgan fingerprint density at radius 3 is 2.18 bits per heavy atom. The first kappa shape index (κ1) is 28.7. The van der Waals surface area contributed by atoms with E-state index >= 15 is 0 Å². The first-order chi connectivity index (χ1) is 15.5. The van der Waals surface area contributed by atoms with Crippen LogP contribution < -0.4 is 5.32 Å². The van der Waals surface area contributed by atoms with Gasteiger partial charge in [0.2, 0.25) is 17.7 Å². The van der Waals surface area contributed by atoms with Crippen LogP contribution in [0.2, 0.25) is 0 Å². The first-order valence-electron chi connectivity index (χ1n) is 11.6. The van der Waals surface area contributed by atoms with Crippen molar-refractivity contribution in [2.24, 2.45) is 17.8 Å². The van der Waals surface area contributed by atoms with Gasteiger partial charge in [0.05, 0.1) is 19.8 Å². The Morgan fingerprint density at radius 2 is 1.64 bits per heavy atom. The number of carbonyl (C=O) groups excluding carboxylic acids is 4. The van der Waals surface area contributed by atoms with Gasteiger partial charge in [0.1, 0.15) is 11.8 Å². The van der Waals surface area contributed by atoms with Crippen LogP contribution in [-0.2, 0) is 33.4 Å². The lowest BCUT2D eigenvalue weighted by Crippen LogP contribution is -2.44. The third-order valence-electron chi connectivity index (χ3n) is 5.54. The van der Waals surface area contributed by atoms with Crippen molar-refractivity contribution in [2.75, 3.05) is 33.0 Å². The summed E-state index contributed by atoms with van der Waals surface area (Å²) in [6.07, 6.45) is 1.29. The van der Waals surface area contributed by atoms with Crippen LogP contribution in [0, 0.1) is 17.8 Å². The summed E-state index contributed by atoms with van der Waals surface area (Å²) in [5, 5.41) is 11.5. The van der Waals surface area contributed by atoms with E-state index in [1.807, 2.05) is 13.8 Å². The fraction of sp³-hybridized carbons (Fsp3) is 0.783. The van der Waals surface area contributed by atoms with Crippen LogP contribution in [0.5, 0.6) is 0 Å². The third kappa shape index (κ3) is 10.4. The molecule has 1 fully saturated rings. The van der Waals surface area contributed by atoms with Gasteiger partial charge in [0, 0.05) is 44.8 Å². The van der Waals surface area contributed by atoms with Crippen molar-refractivity contribution in [3.8, 4) is 0 Å². The maximum absolute atomic E-state index is 12.2. The maximum Gasteiger partial charge on any atom is 0.326 e. The van der Waals surface area contributed by atoms with E-state index in [0.29, 0.717) is 26.1 Å². The number of hydrogen-bond acceptors (Lipinski definition) is 7. The number of hydrogen-bond donors (Lipinski definition) is 2. The highest BCUT2D eigenvalue weighted by molar-refractivity contribution is 6.03. The number of nitrogens with one attached hydrogen (secondary N) is 1. The molecule has 1 aliphatic rings. The summed E-state index contributed by atoms with van der Waals surface area (Å²) in [7, 11) is 0. The predicted molar refractivity (Wildman–Crippen MR) is 119 cm³/mol. The van der Waals surface area contributed by atoms with Gasteiger partial charge >= 0.3 is 5.97 Å². The fourth-order valence-corrected chi connectivity index (χ4v) is 3.44. The molecular formula is C23H38N2O8. The zero-order valence-corrected chi connectivity index (χ0v) is 20.1. The number of rotatable bonds is 17. The van der Waals surface area contributed by atoms with Crippen molar-refractivity contribution >= 4 is 29.5 Å². The molecule has 2 unspecified atom stereocenters. The van der Waals surface area contributed by atoms with Gasteiger partial charge < -0.3 is 19.9 Å². The van der Waals surface area contributed by atoms with E-state index in [1.54, 1.807) is 13.8 Å². The number of aliphatic carboxylic acids is 1. The lowest BCUT2D eigenvalue weighted by Gasteiger charge is -2.17. The number of carboxylic acids is 1. The van der Waals surface area contributed by atoms with Crippen LogP contribution in [0.1, 0.15) is 59.8 Å². The van der Waals surface area contributed by atoms with Gasteiger partial charge in [-0.15, -0.1) is 0 Å². The molecule has 2 N–H and O–H groups in total. The minimum atomic E-state index is -1.07. The summed E-state index contributed by atoms with van der Waals surface area (Å²) in [4.78, 5) is 60.3. The van der Waals surface area contributed by atoms with E-state index in [4.69, 9.17) is 14.6 Å². The number of imide groups is 1. The van der Waals surface area contributed by atoms with E-state index in [9.17, 15) is 24.0 Å². The Labute approximate surface area is 195 Å². The fourth-order valence-electron chi connectivity index (χ4n) is 3.44. The molecular weight excluding hydrogens is 432 g/mol. The molecule has 1 heterocycles. The molecule has 2 atom stereocenters. The second-order valence-corrected chi connectivity index (χ2v) is 8.93. The molecule has 188 valence electrons. The van der Waals surface area contributed by atoms with Gasteiger partial charge in [-0.1, -0.05) is 27.7 Å². The van der Waals surface area contributed by atoms with E-state index in [1.165, 1.54) is 4.90 Å². The van der Waals surface area contributed by atoms with E-state index in [2.05, 4.69) is 5.32 Å². The SMILES string of the molecule is CC(C)C1CC(=O)N(CCC(=O)CCCOCCOCCC(=O)NC(C(=O)O)C(C)C)C1=O. The van der Waals surface area contributed by atoms with Gasteiger partial charge in [0.25, 0.3) is 0 Å². The van der Waals surface area contributed by atoms with Crippen LogP contribution >= 0.6 is 0 Å². The van der Waals surface area contributed by atoms with Crippen LogP contribution in [0.3, 0.4) is 0 Å². The molecule has 0 bridgehead atoms. The van der Waals surface area contributed by atoms with E-state index in [0.717, 1.165) is 0 Å². The summed E-state index contributed by atoms with van der Waals surface area (Å²) in [5.74, 6) is -2.23. The number of ether oxygens (including phenoxy) is 2. The first-order valence-corrected chi connectivity index (χ1v) is 11.6. The van der Waals surface area contributed by atoms with Gasteiger partial charge in [-0.2, -0.15) is 0 Å². The van der Waals surface area contributed by atoms with Crippen molar-refractivity contribution in [3.05, 3.63) is 0 Å². The number of amides is 3. The van der Waals surface area contributed by atoms with Gasteiger partial charge in [-0.05, 0) is 18.3 Å². The third-order valence-corrected chi connectivity index (χ3v) is 5.54. The van der Waals surface area contributed by atoms with Gasteiger partial charge in [-0.25, -0.2) is 4.79 Å². The van der Waals surface area contributed by atoms with Crippen molar-refractivity contribution in [1.29, 1.82) is 0 Å². The van der Waals surface area contributed by atoms with Gasteiger partial charge in [-0.3, -0.25) is 24.1 Å². The molecule has 10 nitrogen and oxygen atoms in total. The van der Waals surface area contributed by atoms with E-state index in [-0.39, 0.29) is 80.3 Å². The number of nitrogens with zero attached hydrogens (tertiary/aromatic N) is 1. The Kier molecular flexibility index (Phi) is 12.8. The van der Waals surface area contributed by atoms with Crippen LogP contribution in [0.4, 0.5) is 0 Å².